The number of carbonyl (C=O) groups excluding carboxylic acids is 1. The van der Waals surface area contributed by atoms with Gasteiger partial charge < -0.3 is 15.1 Å². The molecule has 4 nitrogen and oxygen atoms in total. The highest BCUT2D eigenvalue weighted by molar-refractivity contribution is 5.76. The first-order chi connectivity index (χ1) is 16.7. The first kappa shape index (κ1) is 27.7. The van der Waals surface area contributed by atoms with Crippen LogP contribution in [0.2, 0.25) is 0 Å². The summed E-state index contributed by atoms with van der Waals surface area (Å²) in [5, 5.41) is 21.2. The average Bonchev–Trinajstić information content (AvgIpc) is 3.27. The zero-order chi connectivity index (χ0) is 25.5. The van der Waals surface area contributed by atoms with E-state index >= 15 is 0 Å². The first-order valence-electron chi connectivity index (χ1n) is 13.8. The number of aliphatic hydroxyl groups is 2. The third-order valence-corrected chi connectivity index (χ3v) is 7.82. The second-order valence-electron chi connectivity index (χ2n) is 11.4. The Kier molecular flexibility index (Phi) is 10.2. The molecule has 0 heterocycles. The van der Waals surface area contributed by atoms with Crippen molar-refractivity contribution >= 4 is 5.91 Å². The maximum atomic E-state index is 12.5. The van der Waals surface area contributed by atoms with E-state index in [2.05, 4.69) is 65.0 Å². The van der Waals surface area contributed by atoms with Crippen LogP contribution in [0.1, 0.15) is 83.8 Å². The molecule has 0 saturated heterocycles. The SMILES string of the molecule is Cc1cccc(C[C@H](O)/C=C/[C@@H]2[C@H]3CC(CCCCCC(=O)N(C(C)C)C(C)C)=C[C@H]3C[C@H]2O)c1. The van der Waals surface area contributed by atoms with E-state index in [4.69, 9.17) is 0 Å². The van der Waals surface area contributed by atoms with Gasteiger partial charge in [-0.05, 0) is 84.1 Å². The highest BCUT2D eigenvalue weighted by Gasteiger charge is 2.43. The molecule has 0 aliphatic heterocycles. The number of hydrogen-bond acceptors (Lipinski definition) is 3. The van der Waals surface area contributed by atoms with Gasteiger partial charge in [0.2, 0.25) is 5.91 Å². The molecule has 0 radical (unpaired) electrons. The number of allylic oxidation sites excluding steroid dienone is 2. The van der Waals surface area contributed by atoms with Gasteiger partial charge in [-0.15, -0.1) is 0 Å². The van der Waals surface area contributed by atoms with E-state index in [0.29, 0.717) is 24.7 Å². The van der Waals surface area contributed by atoms with Crippen molar-refractivity contribution < 1.29 is 15.0 Å². The number of amides is 1. The second kappa shape index (κ2) is 12.9. The van der Waals surface area contributed by atoms with E-state index in [1.165, 1.54) is 11.1 Å². The van der Waals surface area contributed by atoms with Crippen molar-refractivity contribution in [3.05, 3.63) is 59.2 Å². The minimum absolute atomic E-state index is 0.122. The van der Waals surface area contributed by atoms with Crippen molar-refractivity contribution in [2.45, 2.75) is 110 Å². The van der Waals surface area contributed by atoms with Crippen LogP contribution in [0.5, 0.6) is 0 Å². The monoisotopic (exact) mass is 481 g/mol. The van der Waals surface area contributed by atoms with E-state index in [9.17, 15) is 15.0 Å². The lowest BCUT2D eigenvalue weighted by Gasteiger charge is -2.30. The lowest BCUT2D eigenvalue weighted by Crippen LogP contribution is -2.41. The minimum atomic E-state index is -0.526. The summed E-state index contributed by atoms with van der Waals surface area (Å²) in [6, 6.07) is 8.78. The molecule has 3 rings (SSSR count). The van der Waals surface area contributed by atoms with Gasteiger partial charge in [-0.2, -0.15) is 0 Å². The van der Waals surface area contributed by atoms with Crippen LogP contribution in [0, 0.1) is 24.7 Å². The van der Waals surface area contributed by atoms with Crippen LogP contribution in [0.25, 0.3) is 0 Å². The molecule has 1 aromatic carbocycles. The number of unbranched alkanes of at least 4 members (excludes halogenated alkanes) is 2. The first-order valence-corrected chi connectivity index (χ1v) is 13.8. The van der Waals surface area contributed by atoms with Gasteiger partial charge in [0.1, 0.15) is 0 Å². The minimum Gasteiger partial charge on any atom is -0.392 e. The summed E-state index contributed by atoms with van der Waals surface area (Å²) in [5.41, 5.74) is 3.86. The third-order valence-electron chi connectivity index (χ3n) is 7.82. The molecule has 194 valence electrons. The van der Waals surface area contributed by atoms with E-state index in [1.54, 1.807) is 0 Å². The van der Waals surface area contributed by atoms with Crippen LogP contribution in [0.15, 0.2) is 48.1 Å². The number of aliphatic hydroxyl groups excluding tert-OH is 2. The maximum absolute atomic E-state index is 12.5. The Morgan fingerprint density at radius 3 is 2.57 bits per heavy atom. The van der Waals surface area contributed by atoms with Gasteiger partial charge >= 0.3 is 0 Å². The van der Waals surface area contributed by atoms with Gasteiger partial charge in [-0.1, -0.05) is 60.1 Å². The summed E-state index contributed by atoms with van der Waals surface area (Å²) in [6.07, 6.45) is 12.9. The van der Waals surface area contributed by atoms with Crippen molar-refractivity contribution in [2.75, 3.05) is 0 Å². The Balaban J connectivity index is 1.41. The maximum Gasteiger partial charge on any atom is 0.223 e. The number of aryl methyl sites for hydroxylation is 1. The number of hydrogen-bond donors (Lipinski definition) is 2. The highest BCUT2D eigenvalue weighted by atomic mass is 16.3. The summed E-state index contributed by atoms with van der Waals surface area (Å²) in [5.74, 6) is 1.31. The Morgan fingerprint density at radius 2 is 1.89 bits per heavy atom. The summed E-state index contributed by atoms with van der Waals surface area (Å²) < 4.78 is 0. The number of nitrogens with zero attached hydrogens (tertiary/aromatic N) is 1. The van der Waals surface area contributed by atoms with Crippen LogP contribution < -0.4 is 0 Å². The molecule has 2 aliphatic rings. The molecule has 1 aromatic rings. The van der Waals surface area contributed by atoms with Crippen molar-refractivity contribution in [3.8, 4) is 0 Å². The molecule has 0 unspecified atom stereocenters. The predicted octanol–water partition coefficient (Wildman–Crippen LogP) is 5.99. The Hall–Kier alpha value is -1.91. The molecule has 2 aliphatic carbocycles. The zero-order valence-corrected chi connectivity index (χ0v) is 22.5. The number of benzene rings is 1. The zero-order valence-electron chi connectivity index (χ0n) is 22.5. The molecule has 35 heavy (non-hydrogen) atoms. The van der Waals surface area contributed by atoms with Gasteiger partial charge in [-0.25, -0.2) is 0 Å². The molecule has 0 spiro atoms. The number of fused-ring (bicyclic) bond motifs is 1. The molecular formula is C31H47NO3. The van der Waals surface area contributed by atoms with Crippen LogP contribution in [-0.4, -0.2) is 45.3 Å². The van der Waals surface area contributed by atoms with Gasteiger partial charge in [0, 0.05) is 30.8 Å². The van der Waals surface area contributed by atoms with Crippen LogP contribution in [0.4, 0.5) is 0 Å². The normalized spacial score (nSPS) is 24.9. The smallest absolute Gasteiger partial charge is 0.223 e. The second-order valence-corrected chi connectivity index (χ2v) is 11.4. The topological polar surface area (TPSA) is 60.8 Å². The molecular weight excluding hydrogens is 434 g/mol. The van der Waals surface area contributed by atoms with Gasteiger partial charge in [-0.3, -0.25) is 4.79 Å². The van der Waals surface area contributed by atoms with Crippen LogP contribution in [0.3, 0.4) is 0 Å². The van der Waals surface area contributed by atoms with Crippen molar-refractivity contribution in [1.82, 2.24) is 4.90 Å². The Morgan fingerprint density at radius 1 is 1.14 bits per heavy atom. The van der Waals surface area contributed by atoms with Crippen molar-refractivity contribution in [2.24, 2.45) is 17.8 Å². The lowest BCUT2D eigenvalue weighted by atomic mass is 9.88. The number of rotatable bonds is 12. The van der Waals surface area contributed by atoms with Gasteiger partial charge in [0.25, 0.3) is 0 Å². The fraction of sp³-hybridized carbons (Fsp3) is 0.645. The predicted molar refractivity (Wildman–Crippen MR) is 144 cm³/mol. The summed E-state index contributed by atoms with van der Waals surface area (Å²) >= 11 is 0. The molecule has 0 bridgehead atoms. The molecule has 4 heteroatoms. The Bertz CT molecular complexity index is 879. The van der Waals surface area contributed by atoms with E-state index < -0.39 is 6.10 Å². The van der Waals surface area contributed by atoms with Crippen molar-refractivity contribution in [1.29, 1.82) is 0 Å². The van der Waals surface area contributed by atoms with E-state index in [1.807, 2.05) is 17.0 Å². The van der Waals surface area contributed by atoms with Crippen LogP contribution in [-0.2, 0) is 11.2 Å². The molecule has 5 atom stereocenters. The average molecular weight is 482 g/mol. The summed E-state index contributed by atoms with van der Waals surface area (Å²) in [4.78, 5) is 14.5. The van der Waals surface area contributed by atoms with E-state index in [0.717, 1.165) is 44.1 Å². The molecule has 1 amide bonds. The fourth-order valence-electron chi connectivity index (χ4n) is 6.30. The lowest BCUT2D eigenvalue weighted by molar-refractivity contribution is -0.134. The standard InChI is InChI=1S/C31H47NO3/c1-21(2)32(22(3)4)31(35)13-8-6-7-11-25-17-26-20-30(34)28(29(26)19-25)15-14-27(33)18-24-12-9-10-23(5)16-24/h9-10,12,14-17,21-22,26-30,33-34H,6-8,11,13,18-20H2,1-5H3/b15-14+/t26-,27+,28+,29-,30+/m0/s1. The van der Waals surface area contributed by atoms with Gasteiger partial charge in [0.15, 0.2) is 0 Å². The highest BCUT2D eigenvalue weighted by Crippen LogP contribution is 2.48. The largest absolute Gasteiger partial charge is 0.392 e. The molecule has 0 aromatic heterocycles. The van der Waals surface area contributed by atoms with Crippen molar-refractivity contribution in [3.63, 3.8) is 0 Å². The third kappa shape index (κ3) is 7.79. The van der Waals surface area contributed by atoms with E-state index in [-0.39, 0.29) is 30.0 Å². The Labute approximate surface area is 213 Å². The molecule has 1 saturated carbocycles. The summed E-state index contributed by atoms with van der Waals surface area (Å²) in [7, 11) is 0. The van der Waals surface area contributed by atoms with Gasteiger partial charge in [0.05, 0.1) is 12.2 Å². The number of carbonyl (C=O) groups is 1. The summed E-state index contributed by atoms with van der Waals surface area (Å²) in [6.45, 7) is 10.4. The fourth-order valence-corrected chi connectivity index (χ4v) is 6.30. The quantitative estimate of drug-likeness (QED) is 0.285. The molecule has 2 N–H and O–H groups in total. The van der Waals surface area contributed by atoms with Crippen LogP contribution >= 0.6 is 0 Å². The molecule has 1 fully saturated rings.